The number of amides is 2. The third-order valence-electron chi connectivity index (χ3n) is 3.96. The van der Waals surface area contributed by atoms with E-state index in [2.05, 4.69) is 15.6 Å². The summed E-state index contributed by atoms with van der Waals surface area (Å²) in [5.41, 5.74) is 5.41. The number of carbonyl (C=O) groups excluding carboxylic acids is 3. The lowest BCUT2D eigenvalue weighted by Crippen LogP contribution is -2.33. The average Bonchev–Trinajstić information content (AvgIpc) is 3.22. The van der Waals surface area contributed by atoms with Gasteiger partial charge in [-0.1, -0.05) is 0 Å². The van der Waals surface area contributed by atoms with E-state index in [1.807, 2.05) is 0 Å². The lowest BCUT2D eigenvalue weighted by atomic mass is 10.1. The first-order valence-electron chi connectivity index (χ1n) is 9.08. The number of benzene rings is 1. The molecule has 1 heterocycles. The van der Waals surface area contributed by atoms with Crippen LogP contribution < -0.4 is 16.4 Å². The van der Waals surface area contributed by atoms with Crippen molar-refractivity contribution in [2.24, 2.45) is 5.73 Å². The number of hydrogen-bond donors (Lipinski definition) is 4. The Morgan fingerprint density at radius 1 is 1.30 bits per heavy atom. The number of nitrogen functional groups attached to an aromatic ring is 1. The average molecular weight is 435 g/mol. The molecule has 1 atom stereocenters. The number of aromatic nitrogens is 1. The molecule has 30 heavy (non-hydrogen) atoms. The molecule has 0 saturated carbocycles. The molecule has 160 valence electrons. The molecule has 0 spiro atoms. The fourth-order valence-corrected chi connectivity index (χ4v) is 3.18. The fraction of sp³-hybridized carbons (Fsp3) is 0.316. The third kappa shape index (κ3) is 6.62. The smallest absolute Gasteiger partial charge is 0.317 e. The highest BCUT2D eigenvalue weighted by Crippen LogP contribution is 2.19. The second-order valence-electron chi connectivity index (χ2n) is 6.14. The summed E-state index contributed by atoms with van der Waals surface area (Å²) in [5, 5.41) is 14.5. The van der Waals surface area contributed by atoms with Crippen molar-refractivity contribution in [2.45, 2.75) is 25.7 Å². The molecule has 2 rings (SSSR count). The van der Waals surface area contributed by atoms with Crippen LogP contribution in [0, 0.1) is 11.2 Å². The van der Waals surface area contributed by atoms with E-state index >= 15 is 0 Å². The molecule has 1 aromatic carbocycles. The first kappa shape index (κ1) is 22.9. The van der Waals surface area contributed by atoms with Gasteiger partial charge < -0.3 is 21.1 Å². The SMILES string of the molecule is CCOC(=O)C(CNC(=O)CCC(=O)Nc1ccc(C(=N)N)cc1F)c1nccs1. The zero-order valence-corrected chi connectivity index (χ0v) is 17.1. The van der Waals surface area contributed by atoms with Crippen LogP contribution in [-0.2, 0) is 19.1 Å². The summed E-state index contributed by atoms with van der Waals surface area (Å²) in [6.45, 7) is 1.89. The van der Waals surface area contributed by atoms with E-state index in [9.17, 15) is 18.8 Å². The molecule has 11 heteroatoms. The van der Waals surface area contributed by atoms with Crippen LogP contribution in [-0.4, -0.2) is 41.8 Å². The molecule has 0 radical (unpaired) electrons. The summed E-state index contributed by atoms with van der Waals surface area (Å²) in [6, 6.07) is 3.74. The van der Waals surface area contributed by atoms with Crippen molar-refractivity contribution in [3.05, 3.63) is 46.2 Å². The summed E-state index contributed by atoms with van der Waals surface area (Å²) in [5.74, 6) is -3.24. The van der Waals surface area contributed by atoms with Crippen molar-refractivity contribution in [3.63, 3.8) is 0 Å². The maximum atomic E-state index is 14.0. The molecule has 1 aromatic heterocycles. The van der Waals surface area contributed by atoms with E-state index in [-0.39, 0.29) is 43.1 Å². The Morgan fingerprint density at radius 2 is 2.03 bits per heavy atom. The molecular weight excluding hydrogens is 413 g/mol. The number of carbonyl (C=O) groups is 3. The maximum Gasteiger partial charge on any atom is 0.317 e. The summed E-state index contributed by atoms with van der Waals surface area (Å²) in [4.78, 5) is 40.3. The molecule has 5 N–H and O–H groups in total. The van der Waals surface area contributed by atoms with Crippen LogP contribution in [0.25, 0.3) is 0 Å². The summed E-state index contributed by atoms with van der Waals surface area (Å²) in [7, 11) is 0. The number of nitrogens with zero attached hydrogens (tertiary/aromatic N) is 1. The monoisotopic (exact) mass is 435 g/mol. The quantitative estimate of drug-likeness (QED) is 0.254. The lowest BCUT2D eigenvalue weighted by Gasteiger charge is -2.14. The minimum atomic E-state index is -0.735. The molecule has 9 nitrogen and oxygen atoms in total. The zero-order valence-electron chi connectivity index (χ0n) is 16.2. The Hall–Kier alpha value is -3.34. The van der Waals surface area contributed by atoms with Crippen molar-refractivity contribution in [1.29, 1.82) is 5.41 Å². The summed E-state index contributed by atoms with van der Waals surface area (Å²) < 4.78 is 19.0. The van der Waals surface area contributed by atoms with E-state index in [1.54, 1.807) is 18.5 Å². The Morgan fingerprint density at radius 3 is 2.63 bits per heavy atom. The van der Waals surface area contributed by atoms with Crippen molar-refractivity contribution < 1.29 is 23.5 Å². The van der Waals surface area contributed by atoms with Crippen molar-refractivity contribution in [2.75, 3.05) is 18.5 Å². The largest absolute Gasteiger partial charge is 0.465 e. The number of nitrogens with two attached hydrogens (primary N) is 1. The molecule has 0 bridgehead atoms. The van der Waals surface area contributed by atoms with E-state index < -0.39 is 29.5 Å². The van der Waals surface area contributed by atoms with Crippen LogP contribution in [0.1, 0.15) is 36.3 Å². The number of rotatable bonds is 10. The van der Waals surface area contributed by atoms with E-state index in [4.69, 9.17) is 15.9 Å². The predicted octanol–water partition coefficient (Wildman–Crippen LogP) is 1.75. The predicted molar refractivity (Wildman–Crippen MR) is 110 cm³/mol. The van der Waals surface area contributed by atoms with E-state index in [0.29, 0.717) is 5.01 Å². The van der Waals surface area contributed by atoms with Gasteiger partial charge in [0, 0.05) is 36.5 Å². The molecule has 0 saturated heterocycles. The minimum Gasteiger partial charge on any atom is -0.465 e. The van der Waals surface area contributed by atoms with Crippen molar-refractivity contribution >= 4 is 40.6 Å². The van der Waals surface area contributed by atoms with Gasteiger partial charge in [-0.25, -0.2) is 9.37 Å². The molecule has 0 aliphatic carbocycles. The maximum absolute atomic E-state index is 14.0. The Balaban J connectivity index is 1.84. The number of anilines is 1. The van der Waals surface area contributed by atoms with Gasteiger partial charge in [0.2, 0.25) is 11.8 Å². The zero-order chi connectivity index (χ0) is 22.1. The van der Waals surface area contributed by atoms with Crippen LogP contribution in [0.3, 0.4) is 0 Å². The molecule has 2 aromatic rings. The number of halogens is 1. The number of hydrogen-bond acceptors (Lipinski definition) is 7. The van der Waals surface area contributed by atoms with Gasteiger partial charge in [0.1, 0.15) is 22.6 Å². The van der Waals surface area contributed by atoms with Crippen LogP contribution in [0.2, 0.25) is 0 Å². The highest BCUT2D eigenvalue weighted by atomic mass is 32.1. The third-order valence-corrected chi connectivity index (χ3v) is 4.85. The number of thiazole rings is 1. The molecule has 0 fully saturated rings. The van der Waals surface area contributed by atoms with E-state index in [0.717, 1.165) is 6.07 Å². The topological polar surface area (TPSA) is 147 Å². The van der Waals surface area contributed by atoms with Crippen LogP contribution in [0.5, 0.6) is 0 Å². The highest BCUT2D eigenvalue weighted by Gasteiger charge is 2.25. The molecule has 1 unspecified atom stereocenters. The first-order valence-corrected chi connectivity index (χ1v) is 9.96. The molecule has 0 aliphatic heterocycles. The number of nitrogens with one attached hydrogen (secondary N) is 3. The standard InChI is InChI=1S/C19H22FN5O4S/c1-2-29-19(28)12(18-23-7-8-30-18)10-24-15(26)5-6-16(27)25-14-4-3-11(17(21)22)9-13(14)20/h3-4,7-9,12H,2,5-6,10H2,1H3,(H3,21,22)(H,24,26)(H,25,27). The van der Waals surface area contributed by atoms with Gasteiger partial charge in [-0.15, -0.1) is 11.3 Å². The fourth-order valence-electron chi connectivity index (χ4n) is 2.45. The number of esters is 1. The van der Waals surface area contributed by atoms with Gasteiger partial charge in [0.25, 0.3) is 0 Å². The van der Waals surface area contributed by atoms with Gasteiger partial charge >= 0.3 is 5.97 Å². The van der Waals surface area contributed by atoms with Gasteiger partial charge in [0.15, 0.2) is 0 Å². The molecule has 2 amide bonds. The Kier molecular flexibility index (Phi) is 8.41. The Labute approximate surface area is 176 Å². The molecular formula is C19H22FN5O4S. The van der Waals surface area contributed by atoms with Gasteiger partial charge in [0.05, 0.1) is 12.3 Å². The minimum absolute atomic E-state index is 0.00602. The lowest BCUT2D eigenvalue weighted by molar-refractivity contribution is -0.145. The second-order valence-corrected chi connectivity index (χ2v) is 7.06. The van der Waals surface area contributed by atoms with Gasteiger partial charge in [-0.05, 0) is 25.1 Å². The van der Waals surface area contributed by atoms with Crippen molar-refractivity contribution in [3.8, 4) is 0 Å². The Bertz CT molecular complexity index is 920. The summed E-state index contributed by atoms with van der Waals surface area (Å²) in [6.07, 6.45) is 1.23. The van der Waals surface area contributed by atoms with Crippen LogP contribution >= 0.6 is 11.3 Å². The molecule has 0 aliphatic rings. The van der Waals surface area contributed by atoms with Gasteiger partial charge in [-0.3, -0.25) is 19.8 Å². The number of amidine groups is 1. The first-order chi connectivity index (χ1) is 14.3. The normalized spacial score (nSPS) is 11.4. The van der Waals surface area contributed by atoms with Crippen LogP contribution in [0.15, 0.2) is 29.8 Å². The van der Waals surface area contributed by atoms with E-state index in [1.165, 1.54) is 23.5 Å². The van der Waals surface area contributed by atoms with Crippen LogP contribution in [0.4, 0.5) is 10.1 Å². The second kappa shape index (κ2) is 11.0. The summed E-state index contributed by atoms with van der Waals surface area (Å²) >= 11 is 1.28. The van der Waals surface area contributed by atoms with Crippen molar-refractivity contribution in [1.82, 2.24) is 10.3 Å². The highest BCUT2D eigenvalue weighted by molar-refractivity contribution is 7.09. The number of ether oxygens (including phenoxy) is 1. The van der Waals surface area contributed by atoms with Gasteiger partial charge in [-0.2, -0.15) is 0 Å².